The Hall–Kier alpha value is -3.18. The van der Waals surface area contributed by atoms with Crippen molar-refractivity contribution in [1.29, 1.82) is 0 Å². The highest BCUT2D eigenvalue weighted by Gasteiger charge is 2.48. The summed E-state index contributed by atoms with van der Waals surface area (Å²) >= 11 is 0. The van der Waals surface area contributed by atoms with E-state index in [0.29, 0.717) is 31.6 Å². The third-order valence-corrected chi connectivity index (χ3v) is 6.17. The van der Waals surface area contributed by atoms with Gasteiger partial charge in [-0.2, -0.15) is 0 Å². The van der Waals surface area contributed by atoms with Gasteiger partial charge in [-0.1, -0.05) is 0 Å². The zero-order chi connectivity index (χ0) is 25.2. The summed E-state index contributed by atoms with van der Waals surface area (Å²) in [6.07, 6.45) is 1.40. The third-order valence-electron chi connectivity index (χ3n) is 6.17. The molecule has 2 aromatic rings. The fourth-order valence-corrected chi connectivity index (χ4v) is 4.19. The number of rotatable bonds is 8. The zero-order valence-corrected chi connectivity index (χ0v) is 18.9. The smallest absolute Gasteiger partial charge is 0.257 e. The van der Waals surface area contributed by atoms with E-state index in [1.807, 2.05) is 0 Å². The Morgan fingerprint density at radius 2 is 1.88 bits per heavy atom. The molecule has 34 heavy (non-hydrogen) atoms. The first-order valence-electron chi connectivity index (χ1n) is 10.5. The van der Waals surface area contributed by atoms with Crippen LogP contribution in [0.25, 0.3) is 0 Å². The number of fused-ring (bicyclic) bond motifs is 1. The predicted molar refractivity (Wildman–Crippen MR) is 114 cm³/mol. The Morgan fingerprint density at radius 1 is 1.24 bits per heavy atom. The van der Waals surface area contributed by atoms with Crippen LogP contribution in [0.4, 0.5) is 13.2 Å². The molecular weight excluding hydrogens is 457 g/mol. The van der Waals surface area contributed by atoms with Crippen molar-refractivity contribution in [3.63, 3.8) is 0 Å². The number of carbonyl (C=O) groups is 2. The molecule has 2 atom stereocenters. The van der Waals surface area contributed by atoms with E-state index in [9.17, 15) is 32.7 Å². The minimum atomic E-state index is -1.20. The molecule has 184 valence electrons. The van der Waals surface area contributed by atoms with E-state index in [0.717, 1.165) is 6.20 Å². The molecule has 1 aromatic heterocycles. The third kappa shape index (κ3) is 4.58. The summed E-state index contributed by atoms with van der Waals surface area (Å²) in [6.45, 7) is 1.48. The Labute approximate surface area is 193 Å². The number of benzene rings is 1. The van der Waals surface area contributed by atoms with Crippen molar-refractivity contribution in [2.75, 3.05) is 20.8 Å². The van der Waals surface area contributed by atoms with Gasteiger partial charge in [0.05, 0.1) is 18.1 Å². The second-order valence-corrected chi connectivity index (χ2v) is 8.32. The van der Waals surface area contributed by atoms with E-state index in [2.05, 4.69) is 5.32 Å². The standard InChI is InChI=1S/C23H25F3N2O6/c1-23(5-4-6-33-2)17(34-3)11-28-10-14(19(29)20(30)18(28)21(23)31)22(32)27-9-13-15(25)7-12(24)8-16(13)26/h7-8,10,17,30H,4-6,9,11H2,1-3H3,(H,27,32)/t17-,23+/m0/s1. The Kier molecular flexibility index (Phi) is 7.47. The first kappa shape index (κ1) is 25.4. The first-order valence-corrected chi connectivity index (χ1v) is 10.5. The summed E-state index contributed by atoms with van der Waals surface area (Å²) in [5.74, 6) is -5.97. The molecule has 1 aliphatic heterocycles. The summed E-state index contributed by atoms with van der Waals surface area (Å²) in [7, 11) is 2.96. The van der Waals surface area contributed by atoms with Gasteiger partial charge in [0, 0.05) is 51.3 Å². The molecule has 0 saturated carbocycles. The number of ether oxygens (including phenoxy) is 2. The number of ketones is 1. The van der Waals surface area contributed by atoms with E-state index in [1.165, 1.54) is 18.8 Å². The number of methoxy groups -OCH3 is 2. The van der Waals surface area contributed by atoms with E-state index < -0.39 is 69.5 Å². The van der Waals surface area contributed by atoms with Crippen molar-refractivity contribution >= 4 is 11.7 Å². The summed E-state index contributed by atoms with van der Waals surface area (Å²) in [6, 6.07) is 0.925. The number of aromatic hydroxyl groups is 1. The summed E-state index contributed by atoms with van der Waals surface area (Å²) in [5, 5.41) is 12.7. The van der Waals surface area contributed by atoms with Crippen LogP contribution >= 0.6 is 0 Å². The number of pyridine rings is 1. The van der Waals surface area contributed by atoms with Crippen molar-refractivity contribution in [2.24, 2.45) is 5.41 Å². The zero-order valence-electron chi connectivity index (χ0n) is 18.9. The fraction of sp³-hybridized carbons (Fsp3) is 0.435. The second-order valence-electron chi connectivity index (χ2n) is 8.32. The largest absolute Gasteiger partial charge is 0.503 e. The molecule has 3 rings (SSSR count). The molecule has 0 spiro atoms. The van der Waals surface area contributed by atoms with Crippen LogP contribution in [-0.2, 0) is 22.6 Å². The van der Waals surface area contributed by atoms with Crippen LogP contribution in [0.15, 0.2) is 23.1 Å². The molecular formula is C23H25F3N2O6. The molecule has 2 N–H and O–H groups in total. The maximum absolute atomic E-state index is 13.8. The lowest BCUT2D eigenvalue weighted by Gasteiger charge is -2.41. The average molecular weight is 482 g/mol. The highest BCUT2D eigenvalue weighted by molar-refractivity contribution is 6.03. The number of Topliss-reactive ketones (excluding diaryl/α,β-unsaturated/α-hetero) is 1. The topological polar surface area (TPSA) is 107 Å². The van der Waals surface area contributed by atoms with Gasteiger partial charge in [-0.05, 0) is 19.8 Å². The lowest BCUT2D eigenvalue weighted by Crippen LogP contribution is -2.50. The highest BCUT2D eigenvalue weighted by Crippen LogP contribution is 2.40. The van der Waals surface area contributed by atoms with Crippen molar-refractivity contribution in [2.45, 2.75) is 39.0 Å². The number of hydrogen-bond acceptors (Lipinski definition) is 6. The number of amides is 1. The highest BCUT2D eigenvalue weighted by atomic mass is 19.1. The van der Waals surface area contributed by atoms with Gasteiger partial charge in [0.2, 0.25) is 5.43 Å². The fourth-order valence-electron chi connectivity index (χ4n) is 4.19. The molecule has 8 nitrogen and oxygen atoms in total. The van der Waals surface area contributed by atoms with Gasteiger partial charge in [0.25, 0.3) is 5.91 Å². The molecule has 0 radical (unpaired) electrons. The predicted octanol–water partition coefficient (Wildman–Crippen LogP) is 2.55. The van der Waals surface area contributed by atoms with Gasteiger partial charge in [-0.3, -0.25) is 14.4 Å². The number of carbonyl (C=O) groups excluding carboxylic acids is 2. The molecule has 0 saturated heterocycles. The van der Waals surface area contributed by atoms with E-state index in [4.69, 9.17) is 9.47 Å². The van der Waals surface area contributed by atoms with Crippen LogP contribution in [0.3, 0.4) is 0 Å². The van der Waals surface area contributed by atoms with Gasteiger partial charge in [0.1, 0.15) is 28.7 Å². The maximum Gasteiger partial charge on any atom is 0.257 e. The lowest BCUT2D eigenvalue weighted by molar-refractivity contribution is -0.0209. The second kappa shape index (κ2) is 9.98. The van der Waals surface area contributed by atoms with Gasteiger partial charge in [-0.25, -0.2) is 13.2 Å². The number of hydrogen-bond donors (Lipinski definition) is 2. The average Bonchev–Trinajstić information content (AvgIpc) is 2.77. The molecule has 1 amide bonds. The van der Waals surface area contributed by atoms with Crippen molar-refractivity contribution < 1.29 is 37.3 Å². The molecule has 0 unspecified atom stereocenters. The number of halogens is 3. The molecule has 2 heterocycles. The van der Waals surface area contributed by atoms with Crippen molar-refractivity contribution in [1.82, 2.24) is 9.88 Å². The first-order chi connectivity index (χ1) is 16.0. The maximum atomic E-state index is 13.8. The summed E-state index contributed by atoms with van der Waals surface area (Å²) < 4.78 is 52.6. The summed E-state index contributed by atoms with van der Waals surface area (Å²) in [5.41, 5.74) is -3.52. The van der Waals surface area contributed by atoms with Crippen LogP contribution in [0, 0.1) is 22.9 Å². The number of nitrogens with zero attached hydrogens (tertiary/aromatic N) is 1. The Morgan fingerprint density at radius 3 is 2.47 bits per heavy atom. The normalized spacial score (nSPS) is 19.7. The molecule has 0 aliphatic carbocycles. The van der Waals surface area contributed by atoms with Crippen LogP contribution < -0.4 is 10.7 Å². The minimum Gasteiger partial charge on any atom is -0.503 e. The van der Waals surface area contributed by atoms with Crippen LogP contribution in [0.5, 0.6) is 5.75 Å². The Balaban J connectivity index is 1.92. The van der Waals surface area contributed by atoms with Crippen LogP contribution in [-0.4, -0.2) is 48.3 Å². The molecule has 11 heteroatoms. The van der Waals surface area contributed by atoms with Crippen molar-refractivity contribution in [3.8, 4) is 5.75 Å². The monoisotopic (exact) mass is 482 g/mol. The molecule has 0 fully saturated rings. The van der Waals surface area contributed by atoms with Gasteiger partial charge >= 0.3 is 0 Å². The minimum absolute atomic E-state index is 0.0659. The molecule has 1 aromatic carbocycles. The number of nitrogens with one attached hydrogen (secondary N) is 1. The van der Waals surface area contributed by atoms with E-state index in [1.54, 1.807) is 6.92 Å². The van der Waals surface area contributed by atoms with Gasteiger partial charge in [0.15, 0.2) is 11.5 Å². The van der Waals surface area contributed by atoms with Gasteiger partial charge < -0.3 is 24.5 Å². The van der Waals surface area contributed by atoms with Crippen LogP contribution in [0.1, 0.15) is 46.2 Å². The molecule has 1 aliphatic rings. The van der Waals surface area contributed by atoms with E-state index in [-0.39, 0.29) is 12.2 Å². The van der Waals surface area contributed by atoms with Gasteiger partial charge in [-0.15, -0.1) is 0 Å². The van der Waals surface area contributed by atoms with Crippen molar-refractivity contribution in [3.05, 3.63) is 62.8 Å². The quantitative estimate of drug-likeness (QED) is 0.560. The lowest BCUT2D eigenvalue weighted by atomic mass is 9.72. The van der Waals surface area contributed by atoms with Crippen LogP contribution in [0.2, 0.25) is 0 Å². The Bertz CT molecular complexity index is 1160. The SMILES string of the molecule is COCCC[C@@]1(C)C(=O)c2c(O)c(=O)c(C(=O)NCc3c(F)cc(F)cc3F)cn2C[C@@H]1OC. The number of aromatic nitrogens is 1. The molecule has 0 bridgehead atoms. The summed E-state index contributed by atoms with van der Waals surface area (Å²) in [4.78, 5) is 38.6. The van der Waals surface area contributed by atoms with E-state index >= 15 is 0 Å².